The van der Waals surface area contributed by atoms with Crippen LogP contribution >= 0.6 is 0 Å². The minimum atomic E-state index is 0.0850. The van der Waals surface area contributed by atoms with E-state index in [1.165, 1.54) is 11.1 Å². The maximum absolute atomic E-state index is 4.71. The molecule has 0 spiro atoms. The highest BCUT2D eigenvalue weighted by atomic mass is 14.7. The number of aromatic nitrogens is 2. The van der Waals surface area contributed by atoms with E-state index in [1.807, 2.05) is 30.7 Å². The first-order valence-corrected chi connectivity index (χ1v) is 9.31. The Bertz CT molecular complexity index is 819. The van der Waals surface area contributed by atoms with Gasteiger partial charge in [-0.2, -0.15) is 0 Å². The van der Waals surface area contributed by atoms with Gasteiger partial charge in [0.2, 0.25) is 0 Å². The van der Waals surface area contributed by atoms with Crippen molar-refractivity contribution in [3.63, 3.8) is 0 Å². The molecule has 3 aromatic rings. The highest BCUT2D eigenvalue weighted by Gasteiger charge is 2.27. The average molecular weight is 345 g/mol. The Morgan fingerprint density at radius 3 is 1.88 bits per heavy atom. The van der Waals surface area contributed by atoms with Gasteiger partial charge in [-0.3, -0.25) is 9.97 Å². The van der Waals surface area contributed by atoms with Crippen LogP contribution < -0.4 is 0 Å². The fourth-order valence-corrected chi connectivity index (χ4v) is 3.25. The molecule has 0 aliphatic rings. The van der Waals surface area contributed by atoms with Gasteiger partial charge < -0.3 is 0 Å². The molecule has 1 aromatic carbocycles. The molecule has 0 aliphatic carbocycles. The molecule has 0 aliphatic heterocycles. The minimum absolute atomic E-state index is 0.0850. The van der Waals surface area contributed by atoms with E-state index in [0.29, 0.717) is 0 Å². The first-order valence-electron chi connectivity index (χ1n) is 9.31. The number of nitrogens with zero attached hydrogens (tertiary/aromatic N) is 2. The Kier molecular flexibility index (Phi) is 5.22. The van der Waals surface area contributed by atoms with Crippen molar-refractivity contribution < 1.29 is 0 Å². The van der Waals surface area contributed by atoms with Crippen LogP contribution in [0.15, 0.2) is 73.2 Å². The average Bonchev–Trinajstić information content (AvgIpc) is 2.68. The summed E-state index contributed by atoms with van der Waals surface area (Å²) in [6.07, 6.45) is 8.07. The van der Waals surface area contributed by atoms with Gasteiger partial charge in [-0.15, -0.1) is 0 Å². The number of hydrogen-bond acceptors (Lipinski definition) is 2. The summed E-state index contributed by atoms with van der Waals surface area (Å²) in [5.41, 5.74) is 4.98. The predicted molar refractivity (Wildman–Crippen MR) is 109 cm³/mol. The van der Waals surface area contributed by atoms with Crippen LogP contribution in [0, 0.1) is 0 Å². The molecular weight excluding hydrogens is 316 g/mol. The van der Waals surface area contributed by atoms with Crippen molar-refractivity contribution in [2.24, 2.45) is 0 Å². The molecule has 2 heterocycles. The van der Waals surface area contributed by atoms with Gasteiger partial charge in [-0.05, 0) is 46.9 Å². The maximum Gasteiger partial charge on any atom is 0.0702 e. The van der Waals surface area contributed by atoms with Crippen molar-refractivity contribution >= 4 is 0 Å². The first kappa shape index (κ1) is 18.3. The second-order valence-corrected chi connectivity index (χ2v) is 8.31. The van der Waals surface area contributed by atoms with Gasteiger partial charge in [-0.25, -0.2) is 0 Å². The van der Waals surface area contributed by atoms with Crippen LogP contribution in [0.1, 0.15) is 51.7 Å². The van der Waals surface area contributed by atoms with Crippen molar-refractivity contribution in [3.8, 4) is 11.3 Å². The lowest BCUT2D eigenvalue weighted by Gasteiger charge is -2.31. The van der Waals surface area contributed by atoms with Gasteiger partial charge >= 0.3 is 0 Å². The number of rotatable bonds is 6. The second-order valence-electron chi connectivity index (χ2n) is 8.31. The minimum Gasteiger partial charge on any atom is -0.264 e. The van der Waals surface area contributed by atoms with Crippen LogP contribution in [0.5, 0.6) is 0 Å². The molecule has 3 rings (SSSR count). The van der Waals surface area contributed by atoms with Crippen LogP contribution in [0.2, 0.25) is 0 Å². The van der Waals surface area contributed by atoms with Crippen molar-refractivity contribution in [3.05, 3.63) is 84.3 Å². The van der Waals surface area contributed by atoms with E-state index in [4.69, 9.17) is 4.98 Å². The molecule has 0 fully saturated rings. The molecular formula is C24H28N2. The SMILES string of the molecule is CC(C)(CCC(C)(C)c1ccc(-c2ccccc2)nc1)c1cccnc1. The van der Waals surface area contributed by atoms with Gasteiger partial charge in [0.25, 0.3) is 0 Å². The van der Waals surface area contributed by atoms with E-state index in [9.17, 15) is 0 Å². The lowest BCUT2D eigenvalue weighted by atomic mass is 9.73. The zero-order valence-electron chi connectivity index (χ0n) is 16.2. The van der Waals surface area contributed by atoms with Gasteiger partial charge in [0.1, 0.15) is 0 Å². The number of hydrogen-bond donors (Lipinski definition) is 0. The molecule has 0 radical (unpaired) electrons. The molecule has 0 N–H and O–H groups in total. The van der Waals surface area contributed by atoms with Crippen molar-refractivity contribution in [2.45, 2.75) is 51.4 Å². The van der Waals surface area contributed by atoms with Gasteiger partial charge in [0, 0.05) is 24.2 Å². The van der Waals surface area contributed by atoms with Gasteiger partial charge in [0.15, 0.2) is 0 Å². The summed E-state index contributed by atoms with van der Waals surface area (Å²) in [5, 5.41) is 0. The quantitative estimate of drug-likeness (QED) is 0.533. The Morgan fingerprint density at radius 2 is 1.35 bits per heavy atom. The van der Waals surface area contributed by atoms with Crippen LogP contribution in [0.3, 0.4) is 0 Å². The largest absolute Gasteiger partial charge is 0.264 e. The lowest BCUT2D eigenvalue weighted by Crippen LogP contribution is -2.24. The maximum atomic E-state index is 4.71. The third kappa shape index (κ3) is 4.19. The molecule has 2 heteroatoms. The second kappa shape index (κ2) is 7.41. The third-order valence-electron chi connectivity index (χ3n) is 5.43. The third-order valence-corrected chi connectivity index (χ3v) is 5.43. The summed E-state index contributed by atoms with van der Waals surface area (Å²) in [6, 6.07) is 18.9. The van der Waals surface area contributed by atoms with Crippen molar-refractivity contribution in [1.82, 2.24) is 9.97 Å². The molecule has 134 valence electrons. The van der Waals surface area contributed by atoms with E-state index < -0.39 is 0 Å². The number of benzene rings is 1. The summed E-state index contributed by atoms with van der Waals surface area (Å²) >= 11 is 0. The first-order chi connectivity index (χ1) is 12.4. The fraction of sp³-hybridized carbons (Fsp3) is 0.333. The topological polar surface area (TPSA) is 25.8 Å². The van der Waals surface area contributed by atoms with Crippen LogP contribution in [-0.2, 0) is 10.8 Å². The standard InChI is InChI=1S/C24H28N2/c1-23(2,20-11-8-16-25-17-20)14-15-24(3,4)21-12-13-22(26-18-21)19-9-6-5-7-10-19/h5-13,16-18H,14-15H2,1-4H3. The normalized spacial score (nSPS) is 12.2. The summed E-state index contributed by atoms with van der Waals surface area (Å²) in [4.78, 5) is 8.99. The van der Waals surface area contributed by atoms with E-state index in [2.05, 4.69) is 75.1 Å². The van der Waals surface area contributed by atoms with E-state index in [0.717, 1.165) is 24.1 Å². The monoisotopic (exact) mass is 344 g/mol. The van der Waals surface area contributed by atoms with Crippen LogP contribution in [0.25, 0.3) is 11.3 Å². The molecule has 26 heavy (non-hydrogen) atoms. The summed E-state index contributed by atoms with van der Waals surface area (Å²) in [6.45, 7) is 9.23. The summed E-state index contributed by atoms with van der Waals surface area (Å²) in [5.74, 6) is 0. The van der Waals surface area contributed by atoms with Gasteiger partial charge in [-0.1, -0.05) is 70.2 Å². The summed E-state index contributed by atoms with van der Waals surface area (Å²) < 4.78 is 0. The van der Waals surface area contributed by atoms with Crippen LogP contribution in [-0.4, -0.2) is 9.97 Å². The summed E-state index contributed by atoms with van der Waals surface area (Å²) in [7, 11) is 0. The van der Waals surface area contributed by atoms with E-state index in [-0.39, 0.29) is 10.8 Å². The number of pyridine rings is 2. The molecule has 2 aromatic heterocycles. The van der Waals surface area contributed by atoms with Crippen molar-refractivity contribution in [2.75, 3.05) is 0 Å². The Labute approximate surface area is 157 Å². The van der Waals surface area contributed by atoms with Crippen molar-refractivity contribution in [1.29, 1.82) is 0 Å². The molecule has 0 bridgehead atoms. The molecule has 0 unspecified atom stereocenters. The molecule has 2 nitrogen and oxygen atoms in total. The Hall–Kier alpha value is -2.48. The Balaban J connectivity index is 1.72. The highest BCUT2D eigenvalue weighted by Crippen LogP contribution is 2.35. The predicted octanol–water partition coefficient (Wildman–Crippen LogP) is 6.18. The zero-order chi connectivity index (χ0) is 18.6. The van der Waals surface area contributed by atoms with Crippen LogP contribution in [0.4, 0.5) is 0 Å². The Morgan fingerprint density at radius 1 is 0.692 bits per heavy atom. The zero-order valence-corrected chi connectivity index (χ0v) is 16.2. The lowest BCUT2D eigenvalue weighted by molar-refractivity contribution is 0.373. The molecule has 0 saturated carbocycles. The van der Waals surface area contributed by atoms with E-state index in [1.54, 1.807) is 0 Å². The van der Waals surface area contributed by atoms with Gasteiger partial charge in [0.05, 0.1) is 5.69 Å². The highest BCUT2D eigenvalue weighted by molar-refractivity contribution is 5.58. The van der Waals surface area contributed by atoms with E-state index >= 15 is 0 Å². The molecule has 0 atom stereocenters. The fourth-order valence-electron chi connectivity index (χ4n) is 3.25. The molecule has 0 saturated heterocycles. The molecule has 0 amide bonds. The smallest absolute Gasteiger partial charge is 0.0702 e.